The Hall–Kier alpha value is -1.56. The highest BCUT2D eigenvalue weighted by atomic mass is 32.2. The van der Waals surface area contributed by atoms with E-state index in [1.54, 1.807) is 19.2 Å². The lowest BCUT2D eigenvalue weighted by molar-refractivity contribution is -0.117. The summed E-state index contributed by atoms with van der Waals surface area (Å²) in [5.74, 6) is 1.16. The molecule has 0 spiro atoms. The molecule has 0 radical (unpaired) electrons. The van der Waals surface area contributed by atoms with E-state index in [0.717, 1.165) is 0 Å². The molecule has 1 aromatic rings. The number of carbonyl (C=O) groups excluding carboxylic acids is 1. The summed E-state index contributed by atoms with van der Waals surface area (Å²) in [7, 11) is -1.29. The first-order chi connectivity index (χ1) is 9.48. The van der Waals surface area contributed by atoms with Crippen molar-refractivity contribution in [1.82, 2.24) is 0 Å². The highest BCUT2D eigenvalue weighted by molar-refractivity contribution is 7.91. The van der Waals surface area contributed by atoms with E-state index in [-0.39, 0.29) is 23.3 Å². The molecule has 0 aliphatic carbocycles. The second-order valence-corrected chi connectivity index (χ2v) is 7.38. The fraction of sp³-hybridized carbons (Fsp3) is 0.500. The van der Waals surface area contributed by atoms with Gasteiger partial charge in [0.25, 0.3) is 0 Å². The summed E-state index contributed by atoms with van der Waals surface area (Å²) in [6, 6.07) is 7.16. The highest BCUT2D eigenvalue weighted by Gasteiger charge is 2.25. The van der Waals surface area contributed by atoms with E-state index in [1.165, 1.54) is 0 Å². The van der Waals surface area contributed by atoms with Crippen molar-refractivity contribution in [3.8, 4) is 5.75 Å². The van der Waals surface area contributed by atoms with Gasteiger partial charge in [0.2, 0.25) is 5.91 Å². The maximum absolute atomic E-state index is 11.9. The van der Waals surface area contributed by atoms with E-state index in [1.807, 2.05) is 12.1 Å². The number of carbonyl (C=O) groups is 1. The molecule has 5 nitrogen and oxygen atoms in total. The lowest BCUT2D eigenvalue weighted by Gasteiger charge is -2.21. The number of methoxy groups -OCH3 is 1. The van der Waals surface area contributed by atoms with Gasteiger partial charge in [-0.05, 0) is 30.9 Å². The Balaban J connectivity index is 1.86. The number of benzene rings is 1. The molecule has 1 saturated heterocycles. The summed E-state index contributed by atoms with van der Waals surface area (Å²) in [5.41, 5.74) is 0.692. The number of nitrogens with one attached hydrogen (secondary N) is 1. The minimum Gasteiger partial charge on any atom is -0.497 e. The van der Waals surface area contributed by atoms with E-state index >= 15 is 0 Å². The fourth-order valence-electron chi connectivity index (χ4n) is 2.32. The van der Waals surface area contributed by atoms with Crippen LogP contribution < -0.4 is 10.1 Å². The molecule has 1 aliphatic rings. The maximum Gasteiger partial charge on any atom is 0.224 e. The van der Waals surface area contributed by atoms with Crippen LogP contribution in [-0.2, 0) is 14.6 Å². The Morgan fingerprint density at radius 2 is 2.05 bits per heavy atom. The van der Waals surface area contributed by atoms with Crippen LogP contribution in [0, 0.1) is 5.92 Å². The number of sulfone groups is 1. The summed E-state index contributed by atoms with van der Waals surface area (Å²) in [6.07, 6.45) is 1.52. The first-order valence-corrected chi connectivity index (χ1v) is 8.45. The molecule has 0 aromatic heterocycles. The number of anilines is 1. The number of ether oxygens (including phenoxy) is 1. The highest BCUT2D eigenvalue weighted by Crippen LogP contribution is 2.23. The Bertz CT molecular complexity index is 569. The van der Waals surface area contributed by atoms with Crippen molar-refractivity contribution in [3.63, 3.8) is 0 Å². The first kappa shape index (κ1) is 14.8. The normalized spacial score (nSPS) is 18.4. The summed E-state index contributed by atoms with van der Waals surface area (Å²) >= 11 is 0. The van der Waals surface area contributed by atoms with Gasteiger partial charge in [-0.15, -0.1) is 0 Å². The lowest BCUT2D eigenvalue weighted by atomic mass is 9.98. The third-order valence-corrected chi connectivity index (χ3v) is 5.22. The molecule has 1 fully saturated rings. The van der Waals surface area contributed by atoms with Gasteiger partial charge >= 0.3 is 0 Å². The van der Waals surface area contributed by atoms with Gasteiger partial charge in [0.1, 0.15) is 15.6 Å². The predicted octanol–water partition coefficient (Wildman–Crippen LogP) is 1.85. The van der Waals surface area contributed by atoms with E-state index < -0.39 is 9.84 Å². The van der Waals surface area contributed by atoms with Gasteiger partial charge in [0, 0.05) is 18.2 Å². The molecule has 0 unspecified atom stereocenters. The molecule has 1 aromatic carbocycles. The van der Waals surface area contributed by atoms with Gasteiger partial charge in [-0.1, -0.05) is 6.07 Å². The van der Waals surface area contributed by atoms with Crippen molar-refractivity contribution in [1.29, 1.82) is 0 Å². The van der Waals surface area contributed by atoms with E-state index in [0.29, 0.717) is 30.7 Å². The van der Waals surface area contributed by atoms with Crippen LogP contribution in [0.25, 0.3) is 0 Å². The van der Waals surface area contributed by atoms with E-state index in [9.17, 15) is 13.2 Å². The molecule has 0 bridgehead atoms. The lowest BCUT2D eigenvalue weighted by Crippen LogP contribution is -2.26. The Labute approximate surface area is 119 Å². The maximum atomic E-state index is 11.9. The third-order valence-electron chi connectivity index (χ3n) is 3.50. The van der Waals surface area contributed by atoms with Crippen LogP contribution in [0.4, 0.5) is 5.69 Å². The Morgan fingerprint density at radius 3 is 2.70 bits per heavy atom. The SMILES string of the molecule is COc1cccc(NC(=O)CC2CCS(=O)(=O)CC2)c1. The van der Waals surface area contributed by atoms with Crippen molar-refractivity contribution < 1.29 is 17.9 Å². The molecule has 1 amide bonds. The molecular weight excluding hydrogens is 278 g/mol. The summed E-state index contributed by atoms with van der Waals surface area (Å²) in [6.45, 7) is 0. The largest absolute Gasteiger partial charge is 0.497 e. The molecule has 20 heavy (non-hydrogen) atoms. The summed E-state index contributed by atoms with van der Waals surface area (Å²) in [5, 5.41) is 2.82. The van der Waals surface area contributed by atoms with Gasteiger partial charge < -0.3 is 10.1 Å². The standard InChI is InChI=1S/C14H19NO4S/c1-19-13-4-2-3-12(10-13)15-14(16)9-11-5-7-20(17,18)8-6-11/h2-4,10-11H,5-9H2,1H3,(H,15,16). The number of hydrogen-bond donors (Lipinski definition) is 1. The van der Waals surface area contributed by atoms with E-state index in [2.05, 4.69) is 5.32 Å². The Morgan fingerprint density at radius 1 is 1.35 bits per heavy atom. The van der Waals surface area contributed by atoms with E-state index in [4.69, 9.17) is 4.74 Å². The molecule has 1 heterocycles. The van der Waals surface area contributed by atoms with Crippen molar-refractivity contribution in [3.05, 3.63) is 24.3 Å². The van der Waals surface area contributed by atoms with Crippen LogP contribution in [0.15, 0.2) is 24.3 Å². The summed E-state index contributed by atoms with van der Waals surface area (Å²) in [4.78, 5) is 11.9. The van der Waals surface area contributed by atoms with Crippen molar-refractivity contribution in [2.24, 2.45) is 5.92 Å². The molecule has 6 heteroatoms. The smallest absolute Gasteiger partial charge is 0.224 e. The van der Waals surface area contributed by atoms with Gasteiger partial charge in [-0.25, -0.2) is 8.42 Å². The van der Waals surface area contributed by atoms with Gasteiger partial charge in [-0.3, -0.25) is 4.79 Å². The number of hydrogen-bond acceptors (Lipinski definition) is 4. The number of amides is 1. The average Bonchev–Trinajstić information content (AvgIpc) is 2.41. The zero-order chi connectivity index (χ0) is 14.6. The molecule has 1 N–H and O–H groups in total. The minimum absolute atomic E-state index is 0.0810. The van der Waals surface area contributed by atoms with Crippen LogP contribution in [0.5, 0.6) is 5.75 Å². The van der Waals surface area contributed by atoms with Crippen LogP contribution in [0.1, 0.15) is 19.3 Å². The molecule has 1 aliphatic heterocycles. The molecule has 110 valence electrons. The molecule has 2 rings (SSSR count). The van der Waals surface area contributed by atoms with Crippen LogP contribution >= 0.6 is 0 Å². The minimum atomic E-state index is -2.87. The average molecular weight is 297 g/mol. The Kier molecular flexibility index (Phi) is 4.65. The van der Waals surface area contributed by atoms with Crippen molar-refractivity contribution in [2.75, 3.05) is 23.9 Å². The quantitative estimate of drug-likeness (QED) is 0.920. The van der Waals surface area contributed by atoms with Gasteiger partial charge in [0.15, 0.2) is 0 Å². The predicted molar refractivity (Wildman–Crippen MR) is 77.6 cm³/mol. The van der Waals surface area contributed by atoms with Gasteiger partial charge in [0.05, 0.1) is 18.6 Å². The molecular formula is C14H19NO4S. The van der Waals surface area contributed by atoms with Crippen LogP contribution in [0.3, 0.4) is 0 Å². The second kappa shape index (κ2) is 6.26. The first-order valence-electron chi connectivity index (χ1n) is 6.63. The van der Waals surface area contributed by atoms with Crippen molar-refractivity contribution >= 4 is 21.4 Å². The fourth-order valence-corrected chi connectivity index (χ4v) is 3.91. The zero-order valence-corrected chi connectivity index (χ0v) is 12.3. The zero-order valence-electron chi connectivity index (χ0n) is 11.5. The van der Waals surface area contributed by atoms with Crippen LogP contribution in [-0.4, -0.2) is 32.9 Å². The topological polar surface area (TPSA) is 72.5 Å². The van der Waals surface area contributed by atoms with Gasteiger partial charge in [-0.2, -0.15) is 0 Å². The second-order valence-electron chi connectivity index (χ2n) is 5.08. The number of rotatable bonds is 4. The summed E-state index contributed by atoms with van der Waals surface area (Å²) < 4.78 is 27.7. The molecule has 0 atom stereocenters. The monoisotopic (exact) mass is 297 g/mol. The molecule has 0 saturated carbocycles. The van der Waals surface area contributed by atoms with Crippen molar-refractivity contribution in [2.45, 2.75) is 19.3 Å². The third kappa shape index (κ3) is 4.23. The van der Waals surface area contributed by atoms with Crippen LogP contribution in [0.2, 0.25) is 0 Å².